The average Bonchev–Trinajstić information content (AvgIpc) is 2.72. The van der Waals surface area contributed by atoms with Crippen LogP contribution in [0.25, 0.3) is 6.08 Å². The minimum atomic E-state index is -0.858. The number of rotatable bonds is 7. The molecule has 0 unspecified atom stereocenters. The Morgan fingerprint density at radius 3 is 1.96 bits per heavy atom. The Kier molecular flexibility index (Phi) is 6.13. The Morgan fingerprint density at radius 1 is 0.808 bits per heavy atom. The number of aliphatic hydroxyl groups is 1. The van der Waals surface area contributed by atoms with Gasteiger partial charge < -0.3 is 5.11 Å². The molecule has 0 bridgehead atoms. The summed E-state index contributed by atoms with van der Waals surface area (Å²) in [5.41, 5.74) is 2.66. The van der Waals surface area contributed by atoms with Crippen LogP contribution in [0.4, 0.5) is 0 Å². The van der Waals surface area contributed by atoms with Gasteiger partial charge in [-0.15, -0.1) is 0 Å². The van der Waals surface area contributed by atoms with E-state index in [1.807, 2.05) is 84.9 Å². The van der Waals surface area contributed by atoms with Gasteiger partial charge in [0.1, 0.15) is 0 Å². The fourth-order valence-electron chi connectivity index (χ4n) is 2.96. The highest BCUT2D eigenvalue weighted by molar-refractivity contribution is 5.98. The molecule has 0 spiro atoms. The van der Waals surface area contributed by atoms with Crippen molar-refractivity contribution >= 4 is 11.9 Å². The maximum absolute atomic E-state index is 13.0. The van der Waals surface area contributed by atoms with E-state index < -0.39 is 12.0 Å². The highest BCUT2D eigenvalue weighted by Gasteiger charge is 2.26. The van der Waals surface area contributed by atoms with Crippen molar-refractivity contribution < 1.29 is 9.90 Å². The van der Waals surface area contributed by atoms with Gasteiger partial charge in [0.15, 0.2) is 5.78 Å². The average molecular weight is 342 g/mol. The lowest BCUT2D eigenvalue weighted by molar-refractivity contribution is 0.0779. The van der Waals surface area contributed by atoms with Gasteiger partial charge in [-0.25, -0.2) is 0 Å². The normalized spacial score (nSPS) is 13.4. The van der Waals surface area contributed by atoms with Crippen molar-refractivity contribution in [3.63, 3.8) is 0 Å². The predicted molar refractivity (Wildman–Crippen MR) is 106 cm³/mol. The zero-order valence-electron chi connectivity index (χ0n) is 14.5. The topological polar surface area (TPSA) is 37.3 Å². The van der Waals surface area contributed by atoms with Gasteiger partial charge in [-0.3, -0.25) is 4.79 Å². The van der Waals surface area contributed by atoms with E-state index >= 15 is 0 Å². The van der Waals surface area contributed by atoms with Gasteiger partial charge in [0.25, 0.3) is 0 Å². The van der Waals surface area contributed by atoms with Gasteiger partial charge in [0, 0.05) is 5.56 Å². The van der Waals surface area contributed by atoms with Crippen LogP contribution in [0.15, 0.2) is 97.1 Å². The first kappa shape index (κ1) is 17.8. The molecule has 3 rings (SSSR count). The van der Waals surface area contributed by atoms with Crippen molar-refractivity contribution in [1.29, 1.82) is 0 Å². The molecular formula is C24H22O2. The second kappa shape index (κ2) is 8.93. The van der Waals surface area contributed by atoms with Crippen molar-refractivity contribution in [1.82, 2.24) is 0 Å². The first-order valence-electron chi connectivity index (χ1n) is 8.78. The fourth-order valence-corrected chi connectivity index (χ4v) is 2.96. The smallest absolute Gasteiger partial charge is 0.169 e. The molecule has 2 heteroatoms. The second-order valence-corrected chi connectivity index (χ2v) is 6.29. The molecule has 0 radical (unpaired) electrons. The zero-order valence-corrected chi connectivity index (χ0v) is 14.5. The number of carbonyl (C=O) groups is 1. The maximum Gasteiger partial charge on any atom is 0.169 e. The zero-order chi connectivity index (χ0) is 18.2. The number of benzene rings is 3. The van der Waals surface area contributed by atoms with Crippen molar-refractivity contribution in [3.8, 4) is 0 Å². The fraction of sp³-hybridized carbons (Fsp3) is 0.125. The van der Waals surface area contributed by atoms with Crippen LogP contribution in [-0.4, -0.2) is 17.0 Å². The molecule has 0 heterocycles. The van der Waals surface area contributed by atoms with Crippen LogP contribution in [0.1, 0.15) is 21.5 Å². The van der Waals surface area contributed by atoms with Gasteiger partial charge in [0.2, 0.25) is 0 Å². The molecule has 0 aliphatic carbocycles. The van der Waals surface area contributed by atoms with Crippen LogP contribution in [0, 0.1) is 5.92 Å². The first-order valence-corrected chi connectivity index (χ1v) is 8.78. The van der Waals surface area contributed by atoms with E-state index in [-0.39, 0.29) is 5.78 Å². The largest absolute Gasteiger partial charge is 0.388 e. The molecule has 26 heavy (non-hydrogen) atoms. The molecule has 0 amide bonds. The van der Waals surface area contributed by atoms with Gasteiger partial charge >= 0.3 is 0 Å². The number of hydrogen-bond acceptors (Lipinski definition) is 2. The highest BCUT2D eigenvalue weighted by Crippen LogP contribution is 2.20. The number of ketones is 1. The molecule has 0 aliphatic rings. The third-order valence-corrected chi connectivity index (χ3v) is 4.39. The van der Waals surface area contributed by atoms with Crippen molar-refractivity contribution in [2.45, 2.75) is 12.5 Å². The molecule has 0 fully saturated rings. The van der Waals surface area contributed by atoms with Crippen LogP contribution in [0.5, 0.6) is 0 Å². The molecule has 0 saturated heterocycles. The lowest BCUT2D eigenvalue weighted by Gasteiger charge is -2.20. The van der Waals surface area contributed by atoms with E-state index in [1.54, 1.807) is 18.2 Å². The first-order chi connectivity index (χ1) is 12.7. The van der Waals surface area contributed by atoms with Gasteiger partial charge in [-0.1, -0.05) is 103 Å². The Morgan fingerprint density at radius 2 is 1.35 bits per heavy atom. The summed E-state index contributed by atoms with van der Waals surface area (Å²) >= 11 is 0. The third kappa shape index (κ3) is 4.78. The Balaban J connectivity index is 1.84. The molecule has 0 aliphatic heterocycles. The summed E-state index contributed by atoms with van der Waals surface area (Å²) in [5.74, 6) is -0.570. The molecule has 2 atom stereocenters. The molecule has 1 N–H and O–H groups in total. The van der Waals surface area contributed by atoms with Crippen LogP contribution in [0.3, 0.4) is 0 Å². The third-order valence-electron chi connectivity index (χ3n) is 4.39. The summed E-state index contributed by atoms with van der Waals surface area (Å²) in [6, 6.07) is 28.8. The number of carbonyl (C=O) groups excluding carboxylic acids is 1. The van der Waals surface area contributed by atoms with Gasteiger partial charge in [-0.2, -0.15) is 0 Å². The van der Waals surface area contributed by atoms with E-state index in [1.165, 1.54) is 0 Å². The Bertz CT molecular complexity index is 839. The monoisotopic (exact) mass is 342 g/mol. The molecule has 3 aromatic carbocycles. The maximum atomic E-state index is 13.0. The number of hydrogen-bond donors (Lipinski definition) is 1. The van der Waals surface area contributed by atoms with E-state index in [2.05, 4.69) is 0 Å². The summed E-state index contributed by atoms with van der Waals surface area (Å²) in [6.07, 6.45) is 3.21. The summed E-state index contributed by atoms with van der Waals surface area (Å²) in [7, 11) is 0. The Hall–Kier alpha value is -2.97. The van der Waals surface area contributed by atoms with Gasteiger partial charge in [-0.05, 0) is 17.5 Å². The molecular weight excluding hydrogens is 320 g/mol. The molecule has 2 nitrogen and oxygen atoms in total. The van der Waals surface area contributed by atoms with E-state index in [4.69, 9.17) is 0 Å². The Labute approximate surface area is 154 Å². The van der Waals surface area contributed by atoms with E-state index in [9.17, 15) is 9.90 Å². The highest BCUT2D eigenvalue weighted by atomic mass is 16.3. The second-order valence-electron chi connectivity index (χ2n) is 6.29. The predicted octanol–water partition coefficient (Wildman–Crippen LogP) is 4.80. The van der Waals surface area contributed by atoms with E-state index in [0.717, 1.165) is 11.1 Å². The quantitative estimate of drug-likeness (QED) is 0.626. The van der Waals surface area contributed by atoms with Crippen molar-refractivity contribution in [2.75, 3.05) is 0 Å². The van der Waals surface area contributed by atoms with Crippen molar-refractivity contribution in [2.24, 2.45) is 5.92 Å². The van der Waals surface area contributed by atoms with Crippen LogP contribution in [0.2, 0.25) is 0 Å². The SMILES string of the molecule is O=C(c1ccccc1)[C@H](Cc1ccccc1)[C@@H](O)/C=C/c1ccccc1. The molecule has 130 valence electrons. The standard InChI is InChI=1S/C24H22O2/c25-23(17-16-19-10-4-1-5-11-19)22(18-20-12-6-2-7-13-20)24(26)21-14-8-3-9-15-21/h1-17,22-23,25H,18H2/b17-16+/t22-,23+/m1/s1. The summed E-state index contributed by atoms with van der Waals surface area (Å²) < 4.78 is 0. The number of aliphatic hydroxyl groups excluding tert-OH is 1. The minimum absolute atomic E-state index is 0.0420. The minimum Gasteiger partial charge on any atom is -0.388 e. The lowest BCUT2D eigenvalue weighted by Crippen LogP contribution is -2.29. The van der Waals surface area contributed by atoms with Crippen LogP contribution in [-0.2, 0) is 6.42 Å². The summed E-state index contributed by atoms with van der Waals surface area (Å²) in [4.78, 5) is 13.0. The number of Topliss-reactive ketones (excluding diaryl/α,β-unsaturated/α-hetero) is 1. The summed E-state index contributed by atoms with van der Waals surface area (Å²) in [5, 5.41) is 10.8. The molecule has 0 aromatic heterocycles. The molecule has 0 saturated carbocycles. The lowest BCUT2D eigenvalue weighted by atomic mass is 9.86. The van der Waals surface area contributed by atoms with Gasteiger partial charge in [0.05, 0.1) is 12.0 Å². The summed E-state index contributed by atoms with van der Waals surface area (Å²) in [6.45, 7) is 0. The van der Waals surface area contributed by atoms with Crippen molar-refractivity contribution in [3.05, 3.63) is 114 Å². The van der Waals surface area contributed by atoms with Crippen LogP contribution < -0.4 is 0 Å². The van der Waals surface area contributed by atoms with Crippen LogP contribution >= 0.6 is 0 Å². The molecule has 3 aromatic rings. The van der Waals surface area contributed by atoms with E-state index in [0.29, 0.717) is 12.0 Å².